The number of hydrogen-bond donors (Lipinski definition) is 0. The molecule has 0 atom stereocenters. The van der Waals surface area contributed by atoms with Crippen LogP contribution in [0.4, 0.5) is 22.0 Å². The molecule has 0 amide bonds. The maximum atomic E-state index is 12.7. The van der Waals surface area contributed by atoms with Crippen LogP contribution in [0.5, 0.6) is 0 Å². The van der Waals surface area contributed by atoms with Gasteiger partial charge in [0, 0.05) is 0 Å². The third kappa shape index (κ3) is 2.75. The number of nitrogens with zero attached hydrogens (tertiary/aromatic N) is 4. The van der Waals surface area contributed by atoms with Crippen molar-refractivity contribution in [2.75, 3.05) is 0 Å². The Morgan fingerprint density at radius 3 is 1.88 bits per heavy atom. The molecule has 0 aromatic carbocycles. The van der Waals surface area contributed by atoms with Crippen LogP contribution in [-0.2, 0) is 5.92 Å². The number of halogens is 5. The van der Waals surface area contributed by atoms with E-state index in [0.29, 0.717) is 0 Å². The predicted molar refractivity (Wildman–Crippen MR) is 36.9 cm³/mol. The molecule has 0 aliphatic heterocycles. The van der Waals surface area contributed by atoms with E-state index in [1.807, 2.05) is 0 Å². The first kappa shape index (κ1) is 15.8. The van der Waals surface area contributed by atoms with Gasteiger partial charge in [0.15, 0.2) is 0 Å². The zero-order valence-corrected chi connectivity index (χ0v) is 10.2. The molecule has 1 aromatic heterocycles. The van der Waals surface area contributed by atoms with Crippen LogP contribution >= 0.6 is 0 Å². The molecule has 0 bridgehead atoms. The van der Waals surface area contributed by atoms with Gasteiger partial charge in [0.05, 0.1) is 23.5 Å². The molecule has 0 spiro atoms. The monoisotopic (exact) mass is 258 g/mol. The van der Waals surface area contributed by atoms with E-state index < -0.39 is 29.3 Å². The Kier molecular flexibility index (Phi) is 4.66. The maximum Gasteiger partial charge on any atom is 1.00 e. The van der Waals surface area contributed by atoms with E-state index in [0.717, 1.165) is 0 Å². The zero-order chi connectivity index (χ0) is 12.6. The number of hydrogen-bond acceptors (Lipinski definition) is 3. The molecule has 0 saturated carbocycles. The van der Waals surface area contributed by atoms with Crippen LogP contribution < -0.4 is 34.5 Å². The molecule has 0 aliphatic carbocycles. The van der Waals surface area contributed by atoms with Gasteiger partial charge in [-0.2, -0.15) is 32.5 Å². The Morgan fingerprint density at radius 1 is 1.06 bits per heavy atom. The third-order valence-corrected chi connectivity index (χ3v) is 1.51. The van der Waals surface area contributed by atoms with Gasteiger partial charge in [0.25, 0.3) is 0 Å². The Hall–Kier alpha value is -1.16. The van der Waals surface area contributed by atoms with Crippen molar-refractivity contribution in [1.29, 1.82) is 10.5 Å². The second kappa shape index (κ2) is 5.00. The molecule has 1 heterocycles. The smallest absolute Gasteiger partial charge is 0.425 e. The van der Waals surface area contributed by atoms with E-state index in [2.05, 4.69) is 9.97 Å². The maximum absolute atomic E-state index is 12.7. The van der Waals surface area contributed by atoms with Gasteiger partial charge < -0.3 is 9.97 Å². The largest absolute Gasteiger partial charge is 1.00 e. The third-order valence-electron chi connectivity index (χ3n) is 1.51. The van der Waals surface area contributed by atoms with Crippen molar-refractivity contribution >= 4 is 0 Å². The van der Waals surface area contributed by atoms with Gasteiger partial charge >= 0.3 is 41.7 Å². The first-order chi connectivity index (χ1) is 7.24. The molecule has 17 heavy (non-hydrogen) atoms. The van der Waals surface area contributed by atoms with E-state index in [1.165, 1.54) is 12.1 Å². The number of alkyl halides is 5. The van der Waals surface area contributed by atoms with Crippen LogP contribution in [0.25, 0.3) is 0 Å². The number of imidazole rings is 1. The van der Waals surface area contributed by atoms with E-state index in [1.54, 1.807) is 0 Å². The van der Waals surface area contributed by atoms with Crippen LogP contribution in [0.2, 0.25) is 0 Å². The predicted octanol–water partition coefficient (Wildman–Crippen LogP) is -1.56. The normalized spacial score (nSPS) is 11.2. The van der Waals surface area contributed by atoms with Gasteiger partial charge in [-0.25, -0.2) is 0 Å². The molecule has 4 nitrogen and oxygen atoms in total. The summed E-state index contributed by atoms with van der Waals surface area (Å²) in [5.41, 5.74) is -1.72. The summed E-state index contributed by atoms with van der Waals surface area (Å²) >= 11 is 0. The van der Waals surface area contributed by atoms with Crippen LogP contribution in [-0.4, -0.2) is 11.2 Å². The Bertz CT molecular complexity index is 460. The molecule has 84 valence electrons. The summed E-state index contributed by atoms with van der Waals surface area (Å²) in [6.45, 7) is 0. The molecule has 0 unspecified atom stereocenters. The summed E-state index contributed by atoms with van der Waals surface area (Å²) in [5, 5.41) is 16.6. The molecule has 0 saturated heterocycles. The Labute approximate surface area is 113 Å². The molecule has 1 aromatic rings. The van der Waals surface area contributed by atoms with E-state index in [4.69, 9.17) is 10.5 Å². The zero-order valence-electron chi connectivity index (χ0n) is 8.18. The fraction of sp³-hybridized carbons (Fsp3) is 0.286. The van der Waals surface area contributed by atoms with Crippen LogP contribution in [0.15, 0.2) is 0 Å². The Morgan fingerprint density at radius 2 is 1.59 bits per heavy atom. The van der Waals surface area contributed by atoms with Gasteiger partial charge in [-0.05, 0) is 5.82 Å². The van der Waals surface area contributed by atoms with Crippen molar-refractivity contribution in [3.63, 3.8) is 0 Å². The minimum Gasteiger partial charge on any atom is -0.425 e. The van der Waals surface area contributed by atoms with Crippen LogP contribution in [0, 0.1) is 22.7 Å². The van der Waals surface area contributed by atoms with E-state index >= 15 is 0 Å². The van der Waals surface area contributed by atoms with Gasteiger partial charge in [-0.15, -0.1) is 0 Å². The van der Waals surface area contributed by atoms with Gasteiger partial charge in [0.2, 0.25) is 0 Å². The molecule has 0 fully saturated rings. The summed E-state index contributed by atoms with van der Waals surface area (Å²) in [4.78, 5) is 5.35. The van der Waals surface area contributed by atoms with E-state index in [9.17, 15) is 22.0 Å². The fourth-order valence-corrected chi connectivity index (χ4v) is 0.766. The minimum atomic E-state index is -5.87. The van der Waals surface area contributed by atoms with Gasteiger partial charge in [-0.1, -0.05) is 0 Å². The SMILES string of the molecule is N#Cc1nc(C(F)(F)C(F)(F)F)[n-]c1C#N.[Na+]. The van der Waals surface area contributed by atoms with Crippen molar-refractivity contribution in [2.45, 2.75) is 12.1 Å². The molecular weight excluding hydrogens is 258 g/mol. The van der Waals surface area contributed by atoms with Crippen molar-refractivity contribution in [3.8, 4) is 12.1 Å². The van der Waals surface area contributed by atoms with Gasteiger partial charge in [0.1, 0.15) is 0 Å². The molecule has 0 N–H and O–H groups in total. The summed E-state index contributed by atoms with van der Waals surface area (Å²) < 4.78 is 60.9. The fourth-order valence-electron chi connectivity index (χ4n) is 0.766. The summed E-state index contributed by atoms with van der Waals surface area (Å²) in [5.74, 6) is -7.18. The molecule has 0 radical (unpaired) electrons. The summed E-state index contributed by atoms with van der Waals surface area (Å²) in [6, 6.07) is 2.39. The quantitative estimate of drug-likeness (QED) is 0.451. The average molecular weight is 258 g/mol. The van der Waals surface area contributed by atoms with Crippen molar-refractivity contribution in [3.05, 3.63) is 17.2 Å². The molecule has 10 heteroatoms. The molecule has 0 aliphatic rings. The topological polar surface area (TPSA) is 74.6 Å². The van der Waals surface area contributed by atoms with Crippen molar-refractivity contribution in [2.24, 2.45) is 0 Å². The van der Waals surface area contributed by atoms with Gasteiger partial charge in [-0.3, -0.25) is 0 Å². The second-order valence-corrected chi connectivity index (χ2v) is 2.54. The summed E-state index contributed by atoms with van der Waals surface area (Å²) in [6.07, 6.45) is -5.87. The molecule has 1 rings (SSSR count). The Balaban J connectivity index is 0.00000256. The average Bonchev–Trinajstić information content (AvgIpc) is 2.59. The van der Waals surface area contributed by atoms with E-state index in [-0.39, 0.29) is 29.6 Å². The van der Waals surface area contributed by atoms with Crippen LogP contribution in [0.3, 0.4) is 0 Å². The minimum absolute atomic E-state index is 0. The second-order valence-electron chi connectivity index (χ2n) is 2.54. The standard InChI is InChI=1S/C7F5N4.Na/c8-6(9,7(10,11)12)5-15-3(1-13)4(2-14)16-5;/q-1;+1. The molecular formula is C7F5N4Na. The first-order valence-electron chi connectivity index (χ1n) is 3.54. The van der Waals surface area contributed by atoms with Crippen molar-refractivity contribution < 1.29 is 51.5 Å². The first-order valence-corrected chi connectivity index (χ1v) is 3.54. The van der Waals surface area contributed by atoms with Crippen LogP contribution in [0.1, 0.15) is 17.2 Å². The number of rotatable bonds is 1. The van der Waals surface area contributed by atoms with Crippen molar-refractivity contribution in [1.82, 2.24) is 9.97 Å². The summed E-state index contributed by atoms with van der Waals surface area (Å²) in [7, 11) is 0. The number of aromatic nitrogens is 2. The number of nitriles is 2.